The van der Waals surface area contributed by atoms with Gasteiger partial charge in [-0.05, 0) is 20.8 Å². The molecule has 0 radical (unpaired) electrons. The molecule has 0 unspecified atom stereocenters. The molecule has 2 N–H and O–H groups in total. The van der Waals surface area contributed by atoms with Crippen LogP contribution in [0.1, 0.15) is 20.8 Å². The Balaban J connectivity index is 3.90. The van der Waals surface area contributed by atoms with Crippen molar-refractivity contribution in [2.45, 2.75) is 20.8 Å². The number of likely N-dealkylation sites (N-methyl/N-ethyl adjacent to an activating group) is 1. The zero-order chi connectivity index (χ0) is 12.1. The highest BCUT2D eigenvalue weighted by molar-refractivity contribution is 5.78. The van der Waals surface area contributed by atoms with E-state index in [0.717, 1.165) is 0 Å². The number of hydrogen-bond donors (Lipinski definition) is 2. The van der Waals surface area contributed by atoms with Crippen LogP contribution >= 0.6 is 0 Å². The summed E-state index contributed by atoms with van der Waals surface area (Å²) in [6.45, 7) is 6.25. The molecule has 0 aliphatic heterocycles. The quantitative estimate of drug-likeness (QED) is 0.664. The lowest BCUT2D eigenvalue weighted by Crippen LogP contribution is -2.41. The molecule has 88 valence electrons. The number of nitrogens with one attached hydrogen (secondary N) is 1. The van der Waals surface area contributed by atoms with Crippen molar-refractivity contribution in [3.63, 3.8) is 0 Å². The average Bonchev–Trinajstić information content (AvgIpc) is 2.15. The van der Waals surface area contributed by atoms with Gasteiger partial charge < -0.3 is 15.3 Å². The fraction of sp³-hybridized carbons (Fsp3) is 0.800. The van der Waals surface area contributed by atoms with Crippen molar-refractivity contribution in [2.75, 3.05) is 26.7 Å². The van der Waals surface area contributed by atoms with Crippen molar-refractivity contribution in [2.24, 2.45) is 5.41 Å². The van der Waals surface area contributed by atoms with Gasteiger partial charge in [0, 0.05) is 20.1 Å². The summed E-state index contributed by atoms with van der Waals surface area (Å²) in [7, 11) is 1.71. The number of amides is 1. The van der Waals surface area contributed by atoms with Crippen molar-refractivity contribution in [3.05, 3.63) is 0 Å². The number of carbonyl (C=O) groups excluding carboxylic acids is 1. The van der Waals surface area contributed by atoms with Crippen LogP contribution in [0.2, 0.25) is 0 Å². The Hall–Kier alpha value is -1.10. The molecule has 0 aromatic carbocycles. The number of rotatable bonds is 6. The van der Waals surface area contributed by atoms with Gasteiger partial charge in [0.15, 0.2) is 0 Å². The van der Waals surface area contributed by atoms with Crippen LogP contribution in [-0.2, 0) is 9.59 Å². The molecule has 0 atom stereocenters. The number of carboxylic acids is 1. The van der Waals surface area contributed by atoms with E-state index < -0.39 is 11.4 Å². The van der Waals surface area contributed by atoms with Crippen molar-refractivity contribution in [1.29, 1.82) is 0 Å². The normalized spacial score (nSPS) is 11.2. The maximum atomic E-state index is 11.3. The van der Waals surface area contributed by atoms with E-state index in [2.05, 4.69) is 5.32 Å². The van der Waals surface area contributed by atoms with Gasteiger partial charge in [0.2, 0.25) is 5.91 Å². The SMILES string of the molecule is CCN(C)C(=O)CNCC(C)(C)C(=O)O. The van der Waals surface area contributed by atoms with Gasteiger partial charge in [0.05, 0.1) is 12.0 Å². The molecule has 1 amide bonds. The molecule has 0 heterocycles. The Morgan fingerprint density at radius 1 is 1.40 bits per heavy atom. The fourth-order valence-corrected chi connectivity index (χ4v) is 0.869. The lowest BCUT2D eigenvalue weighted by atomic mass is 9.94. The maximum absolute atomic E-state index is 11.3. The van der Waals surface area contributed by atoms with E-state index in [1.165, 1.54) is 0 Å². The molecule has 0 rings (SSSR count). The summed E-state index contributed by atoms with van der Waals surface area (Å²) in [5.41, 5.74) is -0.842. The molecule has 0 bridgehead atoms. The maximum Gasteiger partial charge on any atom is 0.310 e. The Labute approximate surface area is 90.5 Å². The second-order valence-corrected chi connectivity index (χ2v) is 4.20. The lowest BCUT2D eigenvalue weighted by Gasteiger charge is -2.20. The van der Waals surface area contributed by atoms with Crippen LogP contribution in [0.4, 0.5) is 0 Å². The first-order valence-corrected chi connectivity index (χ1v) is 4.99. The second-order valence-electron chi connectivity index (χ2n) is 4.20. The minimum absolute atomic E-state index is 0.0290. The van der Waals surface area contributed by atoms with Crippen molar-refractivity contribution >= 4 is 11.9 Å². The standard InChI is InChI=1S/C10H20N2O3/c1-5-12(4)8(13)6-11-7-10(2,3)9(14)15/h11H,5-7H2,1-4H3,(H,14,15). The van der Waals surface area contributed by atoms with E-state index >= 15 is 0 Å². The molecule has 15 heavy (non-hydrogen) atoms. The average molecular weight is 216 g/mol. The van der Waals surface area contributed by atoms with E-state index in [4.69, 9.17) is 5.11 Å². The molecule has 0 aliphatic carbocycles. The molecule has 5 heteroatoms. The number of carbonyl (C=O) groups is 2. The molecule has 0 fully saturated rings. The first kappa shape index (κ1) is 13.9. The Morgan fingerprint density at radius 2 is 1.93 bits per heavy atom. The number of nitrogens with zero attached hydrogens (tertiary/aromatic N) is 1. The van der Waals surface area contributed by atoms with Gasteiger partial charge in [0.25, 0.3) is 0 Å². The van der Waals surface area contributed by atoms with E-state index in [1.807, 2.05) is 6.92 Å². The third-order valence-electron chi connectivity index (χ3n) is 2.32. The number of hydrogen-bond acceptors (Lipinski definition) is 3. The van der Waals surface area contributed by atoms with Gasteiger partial charge in [-0.1, -0.05) is 0 Å². The minimum Gasteiger partial charge on any atom is -0.481 e. The smallest absolute Gasteiger partial charge is 0.310 e. The second kappa shape index (κ2) is 5.70. The molecular weight excluding hydrogens is 196 g/mol. The first-order chi connectivity index (χ1) is 6.81. The van der Waals surface area contributed by atoms with Gasteiger partial charge in [-0.3, -0.25) is 9.59 Å². The summed E-state index contributed by atoms with van der Waals surface area (Å²) in [5, 5.41) is 11.7. The summed E-state index contributed by atoms with van der Waals surface area (Å²) in [4.78, 5) is 23.7. The molecule has 0 aromatic heterocycles. The Morgan fingerprint density at radius 3 is 2.33 bits per heavy atom. The van der Waals surface area contributed by atoms with Crippen LogP contribution in [0.5, 0.6) is 0 Å². The zero-order valence-electron chi connectivity index (χ0n) is 9.83. The van der Waals surface area contributed by atoms with Crippen LogP contribution in [0.15, 0.2) is 0 Å². The fourth-order valence-electron chi connectivity index (χ4n) is 0.869. The summed E-state index contributed by atoms with van der Waals surface area (Å²) < 4.78 is 0. The van der Waals surface area contributed by atoms with Gasteiger partial charge in [-0.25, -0.2) is 0 Å². The topological polar surface area (TPSA) is 69.6 Å². The van der Waals surface area contributed by atoms with Crippen LogP contribution in [0.3, 0.4) is 0 Å². The van der Waals surface area contributed by atoms with Crippen LogP contribution in [0, 0.1) is 5.41 Å². The van der Waals surface area contributed by atoms with Crippen LogP contribution in [-0.4, -0.2) is 48.6 Å². The van der Waals surface area contributed by atoms with Crippen molar-refractivity contribution < 1.29 is 14.7 Å². The zero-order valence-corrected chi connectivity index (χ0v) is 9.83. The van der Waals surface area contributed by atoms with Gasteiger partial charge in [-0.2, -0.15) is 0 Å². The first-order valence-electron chi connectivity index (χ1n) is 4.99. The summed E-state index contributed by atoms with van der Waals surface area (Å²) in [6.07, 6.45) is 0. The Kier molecular flexibility index (Phi) is 5.28. The van der Waals surface area contributed by atoms with E-state index in [1.54, 1.807) is 25.8 Å². The number of carboxylic acid groups (broad SMARTS) is 1. The van der Waals surface area contributed by atoms with Gasteiger partial charge in [0.1, 0.15) is 0 Å². The van der Waals surface area contributed by atoms with E-state index in [-0.39, 0.29) is 19.0 Å². The molecule has 5 nitrogen and oxygen atoms in total. The summed E-state index contributed by atoms with van der Waals surface area (Å²) in [6, 6.07) is 0. The Bertz CT molecular complexity index is 239. The third-order valence-corrected chi connectivity index (χ3v) is 2.32. The highest BCUT2D eigenvalue weighted by Crippen LogP contribution is 2.12. The molecule has 0 aromatic rings. The third kappa shape index (κ3) is 4.78. The van der Waals surface area contributed by atoms with E-state index in [0.29, 0.717) is 6.54 Å². The molecular formula is C10H20N2O3. The minimum atomic E-state index is -0.869. The highest BCUT2D eigenvalue weighted by atomic mass is 16.4. The predicted molar refractivity (Wildman–Crippen MR) is 57.6 cm³/mol. The largest absolute Gasteiger partial charge is 0.481 e. The highest BCUT2D eigenvalue weighted by Gasteiger charge is 2.26. The monoisotopic (exact) mass is 216 g/mol. The summed E-state index contributed by atoms with van der Waals surface area (Å²) >= 11 is 0. The van der Waals surface area contributed by atoms with Gasteiger partial charge in [-0.15, -0.1) is 0 Å². The van der Waals surface area contributed by atoms with E-state index in [9.17, 15) is 9.59 Å². The molecule has 0 saturated heterocycles. The van der Waals surface area contributed by atoms with Gasteiger partial charge >= 0.3 is 5.97 Å². The van der Waals surface area contributed by atoms with Crippen LogP contribution < -0.4 is 5.32 Å². The van der Waals surface area contributed by atoms with Crippen LogP contribution in [0.25, 0.3) is 0 Å². The van der Waals surface area contributed by atoms with Crippen molar-refractivity contribution in [1.82, 2.24) is 10.2 Å². The predicted octanol–water partition coefficient (Wildman–Crippen LogP) is 0.165. The molecule has 0 aliphatic rings. The summed E-state index contributed by atoms with van der Waals surface area (Å²) in [5.74, 6) is -0.898. The molecule has 0 saturated carbocycles. The van der Waals surface area contributed by atoms with Crippen molar-refractivity contribution in [3.8, 4) is 0 Å². The molecule has 0 spiro atoms. The lowest BCUT2D eigenvalue weighted by molar-refractivity contribution is -0.146. The number of aliphatic carboxylic acids is 1.